The van der Waals surface area contributed by atoms with Gasteiger partial charge in [0, 0.05) is 30.5 Å². The number of hydrogen-bond donors (Lipinski definition) is 2. The molecular weight excluding hydrogens is 368 g/mol. The lowest BCUT2D eigenvalue weighted by Gasteiger charge is -2.22. The first kappa shape index (κ1) is 20.4. The normalized spacial score (nSPS) is 14.1. The highest BCUT2D eigenvalue weighted by Gasteiger charge is 2.29. The van der Waals surface area contributed by atoms with Crippen molar-refractivity contribution < 1.29 is 9.59 Å². The fourth-order valence-corrected chi connectivity index (χ4v) is 2.99. The molecule has 1 atom stereocenters. The third kappa shape index (κ3) is 5.59. The quantitative estimate of drug-likeness (QED) is 0.630. The zero-order valence-electron chi connectivity index (χ0n) is 16.6. The molecule has 150 valence electrons. The predicted octanol–water partition coefficient (Wildman–Crippen LogP) is 2.29. The van der Waals surface area contributed by atoms with Gasteiger partial charge in [0.1, 0.15) is 12.4 Å². The van der Waals surface area contributed by atoms with Gasteiger partial charge in [-0.25, -0.2) is 4.98 Å². The number of hydrogen-bond acceptors (Lipinski definition) is 7. The SMILES string of the molecule is CN(C)C[C@@H](CC=O)Nc1cc(-c2cnc(NC(=O)C3CC3)cn2)ccc1C#N. The van der Waals surface area contributed by atoms with E-state index in [1.165, 1.54) is 6.20 Å². The second kappa shape index (κ2) is 9.26. The van der Waals surface area contributed by atoms with Gasteiger partial charge in [0.05, 0.1) is 29.3 Å². The average molecular weight is 392 g/mol. The van der Waals surface area contributed by atoms with Crippen molar-refractivity contribution in [2.45, 2.75) is 25.3 Å². The minimum atomic E-state index is -0.115. The van der Waals surface area contributed by atoms with Crippen molar-refractivity contribution in [2.24, 2.45) is 5.92 Å². The third-order valence-corrected chi connectivity index (χ3v) is 4.61. The summed E-state index contributed by atoms with van der Waals surface area (Å²) in [6.45, 7) is 0.656. The number of anilines is 2. The Balaban J connectivity index is 1.79. The molecule has 1 aliphatic rings. The van der Waals surface area contributed by atoms with E-state index < -0.39 is 0 Å². The molecule has 3 rings (SSSR count). The molecule has 0 saturated heterocycles. The van der Waals surface area contributed by atoms with Crippen LogP contribution in [0.4, 0.5) is 11.5 Å². The van der Waals surface area contributed by atoms with Crippen molar-refractivity contribution in [2.75, 3.05) is 31.3 Å². The molecule has 1 amide bonds. The maximum Gasteiger partial charge on any atom is 0.228 e. The molecular formula is C21H24N6O2. The summed E-state index contributed by atoms with van der Waals surface area (Å²) in [5, 5.41) is 15.5. The van der Waals surface area contributed by atoms with Crippen molar-refractivity contribution >= 4 is 23.7 Å². The molecule has 1 saturated carbocycles. The predicted molar refractivity (Wildman–Crippen MR) is 110 cm³/mol. The molecule has 1 aromatic carbocycles. The van der Waals surface area contributed by atoms with E-state index in [0.717, 1.165) is 24.7 Å². The molecule has 1 aromatic heterocycles. The molecule has 0 unspecified atom stereocenters. The number of amides is 1. The molecule has 1 heterocycles. The largest absolute Gasteiger partial charge is 0.379 e. The van der Waals surface area contributed by atoms with Crippen LogP contribution in [0.25, 0.3) is 11.3 Å². The highest BCUT2D eigenvalue weighted by Crippen LogP contribution is 2.30. The van der Waals surface area contributed by atoms with E-state index in [1.807, 2.05) is 25.1 Å². The van der Waals surface area contributed by atoms with Gasteiger partial charge in [-0.3, -0.25) is 9.78 Å². The van der Waals surface area contributed by atoms with Crippen molar-refractivity contribution in [3.05, 3.63) is 36.2 Å². The smallest absolute Gasteiger partial charge is 0.228 e. The second-order valence-corrected chi connectivity index (χ2v) is 7.43. The number of rotatable bonds is 9. The van der Waals surface area contributed by atoms with Gasteiger partial charge in [0.25, 0.3) is 0 Å². The number of aldehydes is 1. The Hall–Kier alpha value is -3.31. The van der Waals surface area contributed by atoms with Crippen molar-refractivity contribution in [3.8, 4) is 17.3 Å². The molecule has 0 bridgehead atoms. The van der Waals surface area contributed by atoms with Gasteiger partial charge in [0.15, 0.2) is 5.82 Å². The lowest BCUT2D eigenvalue weighted by Crippen LogP contribution is -2.33. The standard InChI is InChI=1S/C21H24N6O2/c1-27(2)13-17(7-8-28)25-18-9-15(5-6-16(18)10-22)19-11-24-20(12-23-19)26-21(29)14-3-4-14/h5-6,8-9,11-12,14,17,25H,3-4,7,13H2,1-2H3,(H,24,26,29)/t17-/m1/s1. The van der Waals surface area contributed by atoms with E-state index in [0.29, 0.717) is 35.7 Å². The lowest BCUT2D eigenvalue weighted by molar-refractivity contribution is -0.117. The van der Waals surface area contributed by atoms with Gasteiger partial charge in [-0.05, 0) is 39.1 Å². The first-order valence-corrected chi connectivity index (χ1v) is 9.52. The first-order chi connectivity index (χ1) is 14.0. The molecule has 29 heavy (non-hydrogen) atoms. The molecule has 8 nitrogen and oxygen atoms in total. The Morgan fingerprint density at radius 2 is 2.14 bits per heavy atom. The van der Waals surface area contributed by atoms with Crippen LogP contribution < -0.4 is 10.6 Å². The van der Waals surface area contributed by atoms with E-state index in [4.69, 9.17) is 0 Å². The first-order valence-electron chi connectivity index (χ1n) is 9.52. The summed E-state index contributed by atoms with van der Waals surface area (Å²) < 4.78 is 0. The molecule has 0 radical (unpaired) electrons. The third-order valence-electron chi connectivity index (χ3n) is 4.61. The van der Waals surface area contributed by atoms with Crippen LogP contribution >= 0.6 is 0 Å². The Bertz CT molecular complexity index is 916. The van der Waals surface area contributed by atoms with Crippen LogP contribution in [-0.2, 0) is 9.59 Å². The van der Waals surface area contributed by atoms with Gasteiger partial charge in [-0.15, -0.1) is 0 Å². The molecule has 8 heteroatoms. The monoisotopic (exact) mass is 392 g/mol. The van der Waals surface area contributed by atoms with E-state index in [-0.39, 0.29) is 17.9 Å². The highest BCUT2D eigenvalue weighted by atomic mass is 16.2. The number of nitrogens with zero attached hydrogens (tertiary/aromatic N) is 4. The van der Waals surface area contributed by atoms with E-state index in [1.54, 1.807) is 18.3 Å². The number of likely N-dealkylation sites (N-methyl/N-ethyl adjacent to an activating group) is 1. The van der Waals surface area contributed by atoms with Crippen LogP contribution in [-0.4, -0.2) is 53.7 Å². The molecule has 0 aliphatic heterocycles. The van der Waals surface area contributed by atoms with Crippen molar-refractivity contribution in [3.63, 3.8) is 0 Å². The molecule has 1 aliphatic carbocycles. The number of carbonyl (C=O) groups is 2. The molecule has 1 fully saturated rings. The number of nitriles is 1. The van der Waals surface area contributed by atoms with Crippen molar-refractivity contribution in [1.29, 1.82) is 5.26 Å². The zero-order valence-corrected chi connectivity index (χ0v) is 16.6. The van der Waals surface area contributed by atoms with Crippen LogP contribution in [0.2, 0.25) is 0 Å². The van der Waals surface area contributed by atoms with E-state index in [2.05, 4.69) is 26.7 Å². The highest BCUT2D eigenvalue weighted by molar-refractivity contribution is 5.93. The maximum atomic E-state index is 11.8. The number of aromatic nitrogens is 2. The summed E-state index contributed by atoms with van der Waals surface area (Å²) in [6.07, 6.45) is 6.19. The number of nitrogens with one attached hydrogen (secondary N) is 2. The minimum Gasteiger partial charge on any atom is -0.379 e. The topological polar surface area (TPSA) is 111 Å². The molecule has 2 aromatic rings. The van der Waals surface area contributed by atoms with E-state index >= 15 is 0 Å². The Kier molecular flexibility index (Phi) is 6.52. The van der Waals surface area contributed by atoms with Crippen LogP contribution in [0.3, 0.4) is 0 Å². The average Bonchev–Trinajstić information content (AvgIpc) is 3.54. The Morgan fingerprint density at radius 3 is 2.72 bits per heavy atom. The van der Waals surface area contributed by atoms with Gasteiger partial charge in [-0.2, -0.15) is 5.26 Å². The molecule has 2 N–H and O–H groups in total. The lowest BCUT2D eigenvalue weighted by atomic mass is 10.1. The van der Waals surface area contributed by atoms with Gasteiger partial charge in [0.2, 0.25) is 5.91 Å². The molecule has 0 spiro atoms. The summed E-state index contributed by atoms with van der Waals surface area (Å²) >= 11 is 0. The Morgan fingerprint density at radius 1 is 1.34 bits per heavy atom. The Labute approximate surface area is 170 Å². The van der Waals surface area contributed by atoms with Crippen LogP contribution in [0, 0.1) is 17.2 Å². The maximum absolute atomic E-state index is 11.8. The summed E-state index contributed by atoms with van der Waals surface area (Å²) in [6, 6.07) is 7.41. The van der Waals surface area contributed by atoms with Gasteiger partial charge in [-0.1, -0.05) is 6.07 Å². The van der Waals surface area contributed by atoms with Crippen LogP contribution in [0.1, 0.15) is 24.8 Å². The fraction of sp³-hybridized carbons (Fsp3) is 0.381. The zero-order chi connectivity index (χ0) is 20.8. The van der Waals surface area contributed by atoms with Gasteiger partial charge >= 0.3 is 0 Å². The fourth-order valence-electron chi connectivity index (χ4n) is 2.99. The van der Waals surface area contributed by atoms with Gasteiger partial charge < -0.3 is 20.3 Å². The summed E-state index contributed by atoms with van der Waals surface area (Å²) in [7, 11) is 3.86. The minimum absolute atomic E-state index is 0.0148. The van der Waals surface area contributed by atoms with Crippen molar-refractivity contribution in [1.82, 2.24) is 14.9 Å². The van der Waals surface area contributed by atoms with E-state index in [9.17, 15) is 14.9 Å². The van der Waals surface area contributed by atoms with Crippen LogP contribution in [0.15, 0.2) is 30.6 Å². The second-order valence-electron chi connectivity index (χ2n) is 7.43. The summed E-state index contributed by atoms with van der Waals surface area (Å²) in [5.41, 5.74) is 2.55. The summed E-state index contributed by atoms with van der Waals surface area (Å²) in [4.78, 5) is 33.5. The number of benzene rings is 1. The summed E-state index contributed by atoms with van der Waals surface area (Å²) in [5.74, 6) is 0.513. The number of carbonyl (C=O) groups excluding carboxylic acids is 2. The van der Waals surface area contributed by atoms with Crippen LogP contribution in [0.5, 0.6) is 0 Å².